The average molecular weight is 255 g/mol. The van der Waals surface area contributed by atoms with Gasteiger partial charge in [-0.25, -0.2) is 0 Å². The van der Waals surface area contributed by atoms with Crippen molar-refractivity contribution >= 4 is 33.7 Å². The summed E-state index contributed by atoms with van der Waals surface area (Å²) in [6, 6.07) is 13.5. The van der Waals surface area contributed by atoms with Gasteiger partial charge in [0.2, 0.25) is 0 Å². The molecule has 0 saturated carbocycles. The Bertz CT molecular complexity index is 832. The molecule has 94 valence electrons. The van der Waals surface area contributed by atoms with Crippen LogP contribution in [0.2, 0.25) is 0 Å². The maximum Gasteiger partial charge on any atom is 0.111 e. The molecule has 3 aromatic rings. The summed E-state index contributed by atoms with van der Waals surface area (Å²) in [6.45, 7) is 4.31. The highest BCUT2D eigenvalue weighted by molar-refractivity contribution is 6.15. The minimum absolute atomic E-state index is 1.29. The lowest BCUT2D eigenvalue weighted by Gasteiger charge is -2.10. The molecule has 0 N–H and O–H groups in total. The number of rotatable bonds is 0. The van der Waals surface area contributed by atoms with Crippen molar-refractivity contribution in [3.8, 4) is 0 Å². The summed E-state index contributed by atoms with van der Waals surface area (Å²) in [6.07, 6.45) is 9.50. The molecule has 0 atom stereocenters. The second kappa shape index (κ2) is 4.03. The summed E-state index contributed by atoms with van der Waals surface area (Å²) in [4.78, 5) is 0. The summed E-state index contributed by atoms with van der Waals surface area (Å²) in [5, 5.41) is 5.34. The summed E-state index contributed by atoms with van der Waals surface area (Å²) >= 11 is 0. The number of allylic oxidation sites excluding steroid dienone is 2. The van der Waals surface area contributed by atoms with Gasteiger partial charge in [0, 0.05) is 22.2 Å². The van der Waals surface area contributed by atoms with Crippen LogP contribution in [0, 0.1) is 19.9 Å². The van der Waals surface area contributed by atoms with Crippen molar-refractivity contribution in [1.29, 1.82) is 0 Å². The fourth-order valence-electron chi connectivity index (χ4n) is 3.12. The maximum atomic E-state index is 3.22. The van der Waals surface area contributed by atoms with Crippen LogP contribution in [0.5, 0.6) is 0 Å². The number of hydrogen-bond acceptors (Lipinski definition) is 0. The predicted octanol–water partition coefficient (Wildman–Crippen LogP) is 5.45. The molecule has 0 radical (unpaired) electrons. The smallest absolute Gasteiger partial charge is 0.0586 e. The van der Waals surface area contributed by atoms with Crippen LogP contribution < -0.4 is 0 Å². The van der Waals surface area contributed by atoms with Crippen molar-refractivity contribution in [2.75, 3.05) is 0 Å². The van der Waals surface area contributed by atoms with Gasteiger partial charge in [-0.2, -0.15) is 0 Å². The molecule has 0 heterocycles. The van der Waals surface area contributed by atoms with Crippen LogP contribution in [0.4, 0.5) is 0 Å². The Kier molecular flexibility index (Phi) is 2.30. The van der Waals surface area contributed by atoms with Gasteiger partial charge in [0.15, 0.2) is 0 Å². The van der Waals surface area contributed by atoms with E-state index in [0.717, 1.165) is 0 Å². The third-order valence-corrected chi connectivity index (χ3v) is 4.08. The average Bonchev–Trinajstić information content (AvgIpc) is 2.47. The Hall–Kier alpha value is -2.43. The van der Waals surface area contributed by atoms with Gasteiger partial charge in [-0.05, 0) is 31.4 Å². The molecule has 0 aliphatic heterocycles. The molecule has 4 rings (SSSR count). The highest BCUT2D eigenvalue weighted by atomic mass is 14.2. The van der Waals surface area contributed by atoms with Crippen molar-refractivity contribution in [3.05, 3.63) is 70.8 Å². The van der Waals surface area contributed by atoms with Crippen LogP contribution >= 0.6 is 0 Å². The lowest BCUT2D eigenvalue weighted by molar-refractivity contribution is 1.49. The van der Waals surface area contributed by atoms with E-state index in [4.69, 9.17) is 0 Å². The monoisotopic (exact) mass is 255 g/mol. The Morgan fingerprint density at radius 1 is 0.700 bits per heavy atom. The van der Waals surface area contributed by atoms with Crippen LogP contribution in [0.3, 0.4) is 0 Å². The van der Waals surface area contributed by atoms with E-state index >= 15 is 0 Å². The molecular formula is C20H15+. The summed E-state index contributed by atoms with van der Waals surface area (Å²) in [5.74, 6) is 0. The molecule has 0 fully saturated rings. The number of hydrogen-bond donors (Lipinski definition) is 0. The first kappa shape index (κ1) is 11.4. The lowest BCUT2D eigenvalue weighted by atomic mass is 9.88. The largest absolute Gasteiger partial charge is 0.111 e. The summed E-state index contributed by atoms with van der Waals surface area (Å²) in [5.41, 5.74) is 5.22. The van der Waals surface area contributed by atoms with E-state index < -0.39 is 0 Å². The van der Waals surface area contributed by atoms with Crippen LogP contribution in [-0.2, 0) is 0 Å². The molecule has 0 unspecified atom stereocenters. The van der Waals surface area contributed by atoms with Crippen molar-refractivity contribution in [2.45, 2.75) is 13.8 Å². The highest BCUT2D eigenvalue weighted by Gasteiger charge is 2.18. The predicted molar refractivity (Wildman–Crippen MR) is 87.7 cm³/mol. The Balaban J connectivity index is 2.33. The zero-order valence-electron chi connectivity index (χ0n) is 11.7. The number of aryl methyl sites for hydroxylation is 2. The SMILES string of the molecule is Cc1ccc2c3c(c4ccc(C)cc4c2c1)C=C[C+]=C3. The van der Waals surface area contributed by atoms with Crippen molar-refractivity contribution < 1.29 is 0 Å². The molecule has 0 amide bonds. The number of fused-ring (bicyclic) bond motifs is 6. The third-order valence-electron chi connectivity index (χ3n) is 4.08. The van der Waals surface area contributed by atoms with Gasteiger partial charge >= 0.3 is 0 Å². The molecule has 0 aromatic heterocycles. The van der Waals surface area contributed by atoms with E-state index in [1.807, 2.05) is 6.08 Å². The van der Waals surface area contributed by atoms with Gasteiger partial charge in [0.05, 0.1) is 6.08 Å². The van der Waals surface area contributed by atoms with Crippen LogP contribution in [-0.4, -0.2) is 0 Å². The van der Waals surface area contributed by atoms with Crippen molar-refractivity contribution in [1.82, 2.24) is 0 Å². The Morgan fingerprint density at radius 3 is 1.95 bits per heavy atom. The fraction of sp³-hybridized carbons (Fsp3) is 0.100. The topological polar surface area (TPSA) is 0 Å². The van der Waals surface area contributed by atoms with E-state index in [0.29, 0.717) is 0 Å². The second-order valence-electron chi connectivity index (χ2n) is 5.57. The fourth-order valence-corrected chi connectivity index (χ4v) is 3.12. The summed E-state index contributed by atoms with van der Waals surface area (Å²) in [7, 11) is 0. The zero-order valence-corrected chi connectivity index (χ0v) is 11.7. The molecule has 1 aliphatic carbocycles. The molecule has 0 nitrogen and oxygen atoms in total. The minimum atomic E-state index is 1.29. The van der Waals surface area contributed by atoms with Gasteiger partial charge < -0.3 is 0 Å². The van der Waals surface area contributed by atoms with Crippen molar-refractivity contribution in [2.24, 2.45) is 0 Å². The van der Waals surface area contributed by atoms with E-state index in [1.165, 1.54) is 43.8 Å². The first-order valence-corrected chi connectivity index (χ1v) is 6.96. The van der Waals surface area contributed by atoms with E-state index in [9.17, 15) is 0 Å². The first-order valence-electron chi connectivity index (χ1n) is 6.96. The normalized spacial score (nSPS) is 12.7. The second-order valence-corrected chi connectivity index (χ2v) is 5.57. The van der Waals surface area contributed by atoms with Gasteiger partial charge in [-0.15, -0.1) is 0 Å². The first-order chi connectivity index (χ1) is 9.74. The standard InChI is InChI=1S/C20H15/c1-13-7-9-17-15-5-3-4-6-16(15)18-10-8-14(2)12-20(18)19(17)11-13/h3,5-12H,1-2H3/q+1. The van der Waals surface area contributed by atoms with Crippen LogP contribution in [0.25, 0.3) is 33.7 Å². The Morgan fingerprint density at radius 2 is 1.30 bits per heavy atom. The Labute approximate surface area is 119 Å². The minimum Gasteiger partial charge on any atom is -0.0586 e. The zero-order chi connectivity index (χ0) is 13.7. The molecule has 1 aliphatic rings. The van der Waals surface area contributed by atoms with Gasteiger partial charge in [-0.3, -0.25) is 0 Å². The quantitative estimate of drug-likeness (QED) is 0.370. The van der Waals surface area contributed by atoms with Crippen LogP contribution in [0.15, 0.2) is 42.5 Å². The molecule has 20 heavy (non-hydrogen) atoms. The van der Waals surface area contributed by atoms with E-state index in [-0.39, 0.29) is 0 Å². The third kappa shape index (κ3) is 1.52. The van der Waals surface area contributed by atoms with Gasteiger partial charge in [0.1, 0.15) is 23.3 Å². The molecule has 0 saturated heterocycles. The highest BCUT2D eigenvalue weighted by Crippen LogP contribution is 2.36. The molecule has 0 heteroatoms. The van der Waals surface area contributed by atoms with Crippen LogP contribution in [0.1, 0.15) is 22.3 Å². The van der Waals surface area contributed by atoms with Gasteiger partial charge in [0.25, 0.3) is 0 Å². The maximum absolute atomic E-state index is 3.22. The summed E-state index contributed by atoms with van der Waals surface area (Å²) < 4.78 is 0. The van der Waals surface area contributed by atoms with Gasteiger partial charge in [-0.1, -0.05) is 35.4 Å². The molecule has 3 aromatic carbocycles. The molecule has 0 bridgehead atoms. The van der Waals surface area contributed by atoms with E-state index in [1.54, 1.807) is 0 Å². The lowest BCUT2D eigenvalue weighted by Crippen LogP contribution is -1.92. The molecule has 0 spiro atoms. The van der Waals surface area contributed by atoms with Crippen molar-refractivity contribution in [3.63, 3.8) is 0 Å². The van der Waals surface area contributed by atoms with E-state index in [2.05, 4.69) is 68.5 Å². The number of benzene rings is 3. The molecular weight excluding hydrogens is 240 g/mol.